The molecule has 0 aliphatic carbocycles. The molecule has 4 aromatic carbocycles. The normalized spacial score (nSPS) is 10.7. The molecule has 3 heteroatoms. The molecule has 164 valence electrons. The van der Waals surface area contributed by atoms with Crippen molar-refractivity contribution in [1.82, 2.24) is 0 Å². The van der Waals surface area contributed by atoms with Gasteiger partial charge in [-0.05, 0) is 30.7 Å². The van der Waals surface area contributed by atoms with Crippen molar-refractivity contribution in [1.29, 1.82) is 0 Å². The topological polar surface area (TPSA) is 18.5 Å². The zero-order valence-corrected chi connectivity index (χ0v) is 19.0. The molecule has 4 rings (SSSR count). The van der Waals surface area contributed by atoms with Crippen LogP contribution in [0.4, 0.5) is 0 Å². The largest absolute Gasteiger partial charge is 0.497 e. The molecular weight excluding hydrogens is 403 g/mol. The minimum Gasteiger partial charge on any atom is -0.497 e. The summed E-state index contributed by atoms with van der Waals surface area (Å²) in [5.41, 5.74) is 3.70. The van der Waals surface area contributed by atoms with Crippen molar-refractivity contribution in [3.63, 3.8) is 0 Å². The van der Waals surface area contributed by atoms with Crippen molar-refractivity contribution >= 4 is 22.5 Å². The molecule has 2 nitrogen and oxygen atoms in total. The number of methoxy groups -OCH3 is 1. The molecule has 0 radical (unpaired) electrons. The first-order valence-corrected chi connectivity index (χ1v) is 11.4. The van der Waals surface area contributed by atoms with Gasteiger partial charge in [-0.3, -0.25) is 5.82 Å². The van der Waals surface area contributed by atoms with Crippen molar-refractivity contribution in [2.45, 2.75) is 12.8 Å². The van der Waals surface area contributed by atoms with Gasteiger partial charge in [0.05, 0.1) is 13.7 Å². The summed E-state index contributed by atoms with van der Waals surface area (Å²) in [6.07, 6.45) is 0.231. The smallest absolute Gasteiger partial charge is 0.149 e. The lowest BCUT2D eigenvalue weighted by molar-refractivity contribution is 0.312. The Hall–Kier alpha value is -3.90. The van der Waals surface area contributed by atoms with Gasteiger partial charge in [0.15, 0.2) is 0 Å². The van der Waals surface area contributed by atoms with Crippen LogP contribution >= 0.6 is 0 Å². The third-order valence-electron chi connectivity index (χ3n) is 5.99. The quantitative estimate of drug-likeness (QED) is 0.231. The lowest BCUT2D eigenvalue weighted by Crippen LogP contribution is -2.66. The van der Waals surface area contributed by atoms with Crippen LogP contribution in [-0.2, 0) is 0 Å². The number of hydrogen-bond acceptors (Lipinski definition) is 2. The van der Waals surface area contributed by atoms with Crippen molar-refractivity contribution in [3.05, 3.63) is 115 Å². The van der Waals surface area contributed by atoms with E-state index in [4.69, 9.17) is 9.47 Å². The predicted octanol–water partition coefficient (Wildman–Crippen LogP) is 4.57. The van der Waals surface area contributed by atoms with Crippen LogP contribution in [0.5, 0.6) is 11.5 Å². The van der Waals surface area contributed by atoms with Gasteiger partial charge in [0.25, 0.3) is 0 Å². The number of unbranched alkanes of at least 4 members (excludes halogenated alkanes) is 1. The molecule has 0 aromatic heterocycles. The van der Waals surface area contributed by atoms with E-state index in [0.29, 0.717) is 6.61 Å². The number of rotatable bonds is 8. The van der Waals surface area contributed by atoms with E-state index in [1.165, 1.54) is 16.4 Å². The zero-order valence-electron chi connectivity index (χ0n) is 19.0. The molecule has 33 heavy (non-hydrogen) atoms. The van der Waals surface area contributed by atoms with Gasteiger partial charge in [0.1, 0.15) is 17.6 Å². The highest BCUT2D eigenvalue weighted by atomic mass is 16.5. The molecule has 0 saturated carbocycles. The number of hydrogen-bond donors (Lipinski definition) is 0. The monoisotopic (exact) mass is 431 g/mol. The second-order valence-electron chi connectivity index (χ2n) is 8.05. The van der Waals surface area contributed by atoms with E-state index in [-0.39, 0.29) is 0 Å². The highest BCUT2D eigenvalue weighted by Crippen LogP contribution is 2.17. The molecule has 0 bridgehead atoms. The summed E-state index contributed by atoms with van der Waals surface area (Å²) in [5, 5.41) is 0. The van der Waals surface area contributed by atoms with Crippen LogP contribution in [0.1, 0.15) is 12.8 Å². The summed E-state index contributed by atoms with van der Waals surface area (Å²) in [5.74, 6) is 8.92. The third kappa shape index (κ3) is 5.30. The molecule has 0 aliphatic rings. The van der Waals surface area contributed by atoms with Gasteiger partial charge in [-0.15, -0.1) is 5.92 Å². The third-order valence-corrected chi connectivity index (χ3v) is 5.99. The Labute approximate surface area is 197 Å². The van der Waals surface area contributed by atoms with Gasteiger partial charge < -0.3 is 9.47 Å². The van der Waals surface area contributed by atoms with Gasteiger partial charge in [-0.2, -0.15) is 16.4 Å². The van der Waals surface area contributed by atoms with Crippen LogP contribution in [-0.4, -0.2) is 19.9 Å². The highest BCUT2D eigenvalue weighted by Gasteiger charge is 2.27. The fourth-order valence-corrected chi connectivity index (χ4v) is 4.30. The average Bonchev–Trinajstić information content (AvgIpc) is 2.90. The van der Waals surface area contributed by atoms with Gasteiger partial charge in [-0.25, -0.2) is 0 Å². The first kappa shape index (κ1) is 22.3. The molecule has 0 fully saturated rings. The number of ether oxygens (including phenoxy) is 2. The Bertz CT molecular complexity index is 1080. The van der Waals surface area contributed by atoms with Crippen LogP contribution in [0, 0.1) is 11.7 Å². The van der Waals surface area contributed by atoms with Gasteiger partial charge in [0, 0.05) is 6.42 Å². The molecule has 0 heterocycles. The Morgan fingerprint density at radius 2 is 1.06 bits per heavy atom. The van der Waals surface area contributed by atoms with Crippen LogP contribution in [0.3, 0.4) is 0 Å². The lowest BCUT2D eigenvalue weighted by atomic mass is 9.16. The summed E-state index contributed by atoms with van der Waals surface area (Å²) in [7, 11) is 1.66. The summed E-state index contributed by atoms with van der Waals surface area (Å²) in [4.78, 5) is 0. The summed E-state index contributed by atoms with van der Waals surface area (Å²) in [6.45, 7) is 0.628. The fourth-order valence-electron chi connectivity index (χ4n) is 4.30. The molecular formula is C30H28BO2-. The van der Waals surface area contributed by atoms with E-state index in [1.807, 2.05) is 24.3 Å². The first-order chi connectivity index (χ1) is 16.3. The van der Waals surface area contributed by atoms with Crippen LogP contribution in [0.25, 0.3) is 0 Å². The predicted molar refractivity (Wildman–Crippen MR) is 139 cm³/mol. The maximum atomic E-state index is 5.87. The van der Waals surface area contributed by atoms with E-state index in [1.54, 1.807) is 7.11 Å². The Morgan fingerprint density at radius 1 is 0.606 bits per heavy atom. The molecule has 0 aliphatic heterocycles. The molecule has 0 N–H and O–H groups in total. The van der Waals surface area contributed by atoms with Crippen molar-refractivity contribution in [2.75, 3.05) is 13.7 Å². The molecule has 0 spiro atoms. The van der Waals surface area contributed by atoms with E-state index in [9.17, 15) is 0 Å². The Balaban J connectivity index is 1.58. The van der Waals surface area contributed by atoms with Crippen LogP contribution in [0.15, 0.2) is 115 Å². The maximum absolute atomic E-state index is 5.87. The van der Waals surface area contributed by atoms with Crippen molar-refractivity contribution in [2.24, 2.45) is 0 Å². The van der Waals surface area contributed by atoms with Gasteiger partial charge >= 0.3 is 0 Å². The fraction of sp³-hybridized carbons (Fsp3) is 0.133. The highest BCUT2D eigenvalue weighted by molar-refractivity contribution is 7.16. The van der Waals surface area contributed by atoms with E-state index >= 15 is 0 Å². The van der Waals surface area contributed by atoms with E-state index < -0.39 is 6.15 Å². The minimum absolute atomic E-state index is 0.628. The summed E-state index contributed by atoms with van der Waals surface area (Å²) < 4.78 is 11.1. The number of benzene rings is 4. The first-order valence-electron chi connectivity index (χ1n) is 11.4. The second kappa shape index (κ2) is 11.1. The lowest BCUT2D eigenvalue weighted by Gasteiger charge is -2.38. The maximum Gasteiger partial charge on any atom is 0.149 e. The molecule has 0 unspecified atom stereocenters. The van der Waals surface area contributed by atoms with Gasteiger partial charge in [0.2, 0.25) is 0 Å². The molecule has 0 atom stereocenters. The zero-order chi connectivity index (χ0) is 22.8. The summed E-state index contributed by atoms with van der Waals surface area (Å²) >= 11 is 0. The molecule has 4 aromatic rings. The average molecular weight is 431 g/mol. The Kier molecular flexibility index (Phi) is 7.51. The van der Waals surface area contributed by atoms with Crippen molar-refractivity contribution < 1.29 is 9.47 Å². The standard InChI is InChI=1S/C30H28BO2/c1-32-29-20-22-30(23-21-29)33-25-13-5-12-24-31(26-14-6-2-7-15-26,27-16-8-3-9-17-27)28-18-10-4-11-19-28/h2-4,6-11,14-23H,5,13,25H2,1H3/q-1. The molecule has 0 saturated heterocycles. The van der Waals surface area contributed by atoms with Crippen LogP contribution in [0.2, 0.25) is 0 Å². The van der Waals surface area contributed by atoms with Gasteiger partial charge in [-0.1, -0.05) is 91.0 Å². The summed E-state index contributed by atoms with van der Waals surface area (Å²) in [6, 6.07) is 39.6. The second-order valence-corrected chi connectivity index (χ2v) is 8.05. The minimum atomic E-state index is -1.40. The molecule has 0 amide bonds. The van der Waals surface area contributed by atoms with E-state index in [2.05, 4.69) is 103 Å². The van der Waals surface area contributed by atoms with Crippen LogP contribution < -0.4 is 25.9 Å². The van der Waals surface area contributed by atoms with E-state index in [0.717, 1.165) is 24.3 Å². The van der Waals surface area contributed by atoms with Crippen molar-refractivity contribution in [3.8, 4) is 23.2 Å². The Morgan fingerprint density at radius 3 is 1.52 bits per heavy atom. The SMILES string of the molecule is COc1ccc(OCCCC#C[B-](c2ccccc2)(c2ccccc2)c2ccccc2)cc1.